The van der Waals surface area contributed by atoms with E-state index in [4.69, 9.17) is 0 Å². The first-order valence-corrected chi connectivity index (χ1v) is 11.6. The van der Waals surface area contributed by atoms with Gasteiger partial charge in [-0.25, -0.2) is 15.0 Å². The van der Waals surface area contributed by atoms with Crippen molar-refractivity contribution in [2.75, 3.05) is 12.4 Å². The Bertz CT molecular complexity index is 1630. The first-order valence-electron chi connectivity index (χ1n) is 11.6. The highest BCUT2D eigenvalue weighted by atomic mass is 16.1. The van der Waals surface area contributed by atoms with Crippen molar-refractivity contribution in [3.63, 3.8) is 0 Å². The summed E-state index contributed by atoms with van der Waals surface area (Å²) in [5.41, 5.74) is 6.32. The van der Waals surface area contributed by atoms with Crippen molar-refractivity contribution in [2.45, 2.75) is 13.3 Å². The van der Waals surface area contributed by atoms with Crippen LogP contribution in [0.25, 0.3) is 33.7 Å². The SMILES string of the molecule is C=C(/C=C\C=NC)c1cc(CC(=O)Nc2ccc(-c3cc4c(-n5cnc(C)c5)ncnc4[nH]3)cc2)[nH]n1. The lowest BCUT2D eigenvalue weighted by Gasteiger charge is -2.05. The number of imidazole rings is 1. The fourth-order valence-electron chi connectivity index (χ4n) is 3.88. The monoisotopic (exact) mass is 491 g/mol. The van der Waals surface area contributed by atoms with Crippen LogP contribution in [0.5, 0.6) is 0 Å². The number of anilines is 1. The second kappa shape index (κ2) is 10.2. The van der Waals surface area contributed by atoms with Crippen molar-refractivity contribution >= 4 is 34.4 Å². The number of allylic oxidation sites excluding steroid dienone is 3. The number of aromatic nitrogens is 7. The molecule has 4 aromatic heterocycles. The van der Waals surface area contributed by atoms with E-state index in [1.54, 1.807) is 25.7 Å². The van der Waals surface area contributed by atoms with Crippen LogP contribution in [0.15, 0.2) is 79.0 Å². The summed E-state index contributed by atoms with van der Waals surface area (Å²) in [5, 5.41) is 10.9. The van der Waals surface area contributed by atoms with E-state index in [1.807, 2.05) is 60.2 Å². The molecule has 0 bridgehead atoms. The van der Waals surface area contributed by atoms with Crippen LogP contribution in [0.4, 0.5) is 5.69 Å². The summed E-state index contributed by atoms with van der Waals surface area (Å²) in [6.07, 6.45) is 10.6. The largest absolute Gasteiger partial charge is 0.339 e. The minimum Gasteiger partial charge on any atom is -0.339 e. The fourth-order valence-corrected chi connectivity index (χ4v) is 3.88. The number of nitrogens with zero attached hydrogens (tertiary/aromatic N) is 6. The zero-order valence-corrected chi connectivity index (χ0v) is 20.4. The first kappa shape index (κ1) is 23.6. The Kier molecular flexibility index (Phi) is 6.54. The van der Waals surface area contributed by atoms with E-state index in [-0.39, 0.29) is 12.3 Å². The van der Waals surface area contributed by atoms with Gasteiger partial charge in [0, 0.05) is 36.5 Å². The van der Waals surface area contributed by atoms with Crippen molar-refractivity contribution in [1.82, 2.24) is 34.7 Å². The highest BCUT2D eigenvalue weighted by Gasteiger charge is 2.12. The molecule has 0 saturated carbocycles. The van der Waals surface area contributed by atoms with Gasteiger partial charge in [-0.1, -0.05) is 24.8 Å². The average Bonchev–Trinajstić information content (AvgIpc) is 3.64. The van der Waals surface area contributed by atoms with Crippen LogP contribution in [0.3, 0.4) is 0 Å². The number of aliphatic imine (C=N–C) groups is 1. The molecular formula is C27H25N9O. The first-order chi connectivity index (χ1) is 18.0. The number of fused-ring (bicyclic) bond motifs is 1. The summed E-state index contributed by atoms with van der Waals surface area (Å²) in [5.74, 6) is 0.608. The zero-order valence-electron chi connectivity index (χ0n) is 20.4. The van der Waals surface area contributed by atoms with Crippen LogP contribution < -0.4 is 5.32 Å². The van der Waals surface area contributed by atoms with Crippen LogP contribution in [-0.2, 0) is 11.2 Å². The molecule has 37 heavy (non-hydrogen) atoms. The third-order valence-corrected chi connectivity index (χ3v) is 5.68. The van der Waals surface area contributed by atoms with Crippen molar-refractivity contribution in [2.24, 2.45) is 4.99 Å². The van der Waals surface area contributed by atoms with Gasteiger partial charge in [0.05, 0.1) is 23.2 Å². The van der Waals surface area contributed by atoms with E-state index in [1.165, 1.54) is 6.33 Å². The summed E-state index contributed by atoms with van der Waals surface area (Å²) in [7, 11) is 1.70. The van der Waals surface area contributed by atoms with Crippen LogP contribution >= 0.6 is 0 Å². The molecule has 0 aliphatic rings. The van der Waals surface area contributed by atoms with Gasteiger partial charge in [-0.2, -0.15) is 5.10 Å². The molecule has 0 aliphatic carbocycles. The maximum atomic E-state index is 12.6. The van der Waals surface area contributed by atoms with E-state index in [0.717, 1.165) is 39.4 Å². The van der Waals surface area contributed by atoms with Crippen LogP contribution in [0.1, 0.15) is 17.1 Å². The molecule has 0 unspecified atom stereocenters. The molecule has 1 amide bonds. The molecule has 0 saturated heterocycles. The molecule has 5 rings (SSSR count). The van der Waals surface area contributed by atoms with Crippen molar-refractivity contribution in [3.05, 3.63) is 91.1 Å². The second-order valence-electron chi connectivity index (χ2n) is 8.44. The number of benzene rings is 1. The minimum absolute atomic E-state index is 0.150. The second-order valence-corrected chi connectivity index (χ2v) is 8.44. The highest BCUT2D eigenvalue weighted by Crippen LogP contribution is 2.27. The molecule has 0 fully saturated rings. The number of carbonyl (C=O) groups is 1. The van der Waals surface area contributed by atoms with Gasteiger partial charge < -0.3 is 10.3 Å². The number of carbonyl (C=O) groups excluding carboxylic acids is 1. The summed E-state index contributed by atoms with van der Waals surface area (Å²) in [6, 6.07) is 11.5. The van der Waals surface area contributed by atoms with E-state index in [9.17, 15) is 4.79 Å². The fraction of sp³-hybridized carbons (Fsp3) is 0.111. The van der Waals surface area contributed by atoms with Gasteiger partial charge in [0.2, 0.25) is 5.91 Å². The highest BCUT2D eigenvalue weighted by molar-refractivity contribution is 5.93. The Morgan fingerprint density at radius 2 is 2.03 bits per heavy atom. The molecule has 10 nitrogen and oxygen atoms in total. The van der Waals surface area contributed by atoms with Gasteiger partial charge in [0.25, 0.3) is 0 Å². The molecule has 0 atom stereocenters. The minimum atomic E-state index is -0.150. The standard InChI is InChI=1S/C27H25N9O/c1-17(5-4-10-28-3)23-11-21(34-35-23)12-25(37)32-20-8-6-19(7-9-20)24-13-22-26(33-24)29-15-30-27(22)36-14-18(2)31-16-36/h4-11,13-16H,1,12H2,2-3H3,(H,32,37)(H,34,35)(H,29,30,33)/b5-4-,28-10?. The number of amides is 1. The molecule has 4 heterocycles. The van der Waals surface area contributed by atoms with Crippen LogP contribution in [-0.4, -0.2) is 53.9 Å². The third-order valence-electron chi connectivity index (χ3n) is 5.68. The van der Waals surface area contributed by atoms with Crippen LogP contribution in [0, 0.1) is 6.92 Å². The lowest BCUT2D eigenvalue weighted by atomic mass is 10.1. The summed E-state index contributed by atoms with van der Waals surface area (Å²) >= 11 is 0. The summed E-state index contributed by atoms with van der Waals surface area (Å²) in [4.78, 5) is 32.9. The van der Waals surface area contributed by atoms with Gasteiger partial charge in [0.15, 0.2) is 5.82 Å². The molecule has 0 radical (unpaired) electrons. The number of hydrogen-bond acceptors (Lipinski definition) is 6. The van der Waals surface area contributed by atoms with Crippen LogP contribution in [0.2, 0.25) is 0 Å². The van der Waals surface area contributed by atoms with Gasteiger partial charge in [-0.15, -0.1) is 0 Å². The van der Waals surface area contributed by atoms with Crippen molar-refractivity contribution in [1.29, 1.82) is 0 Å². The Labute approximate surface area is 212 Å². The topological polar surface area (TPSA) is 130 Å². The molecule has 0 aliphatic heterocycles. The number of aryl methyl sites for hydroxylation is 1. The zero-order chi connectivity index (χ0) is 25.8. The predicted octanol–water partition coefficient (Wildman–Crippen LogP) is 4.29. The Morgan fingerprint density at radius 3 is 2.78 bits per heavy atom. The van der Waals surface area contributed by atoms with Crippen molar-refractivity contribution in [3.8, 4) is 17.1 Å². The quantitative estimate of drug-likeness (QED) is 0.220. The average molecular weight is 492 g/mol. The number of H-pyrrole nitrogens is 2. The predicted molar refractivity (Wildman–Crippen MR) is 145 cm³/mol. The van der Waals surface area contributed by atoms with Gasteiger partial charge in [0.1, 0.15) is 18.3 Å². The summed E-state index contributed by atoms with van der Waals surface area (Å²) in [6.45, 7) is 5.91. The Balaban J connectivity index is 1.26. The number of rotatable bonds is 8. The third kappa shape index (κ3) is 5.27. The Hall–Kier alpha value is -5.12. The van der Waals surface area contributed by atoms with Crippen molar-refractivity contribution < 1.29 is 4.79 Å². The van der Waals surface area contributed by atoms with E-state index in [0.29, 0.717) is 17.1 Å². The lowest BCUT2D eigenvalue weighted by Crippen LogP contribution is -2.14. The molecular weight excluding hydrogens is 466 g/mol. The molecule has 184 valence electrons. The normalized spacial score (nSPS) is 11.6. The van der Waals surface area contributed by atoms with Gasteiger partial charge >= 0.3 is 0 Å². The van der Waals surface area contributed by atoms with E-state index < -0.39 is 0 Å². The van der Waals surface area contributed by atoms with E-state index >= 15 is 0 Å². The number of hydrogen-bond donors (Lipinski definition) is 3. The molecule has 3 N–H and O–H groups in total. The number of nitrogens with one attached hydrogen (secondary N) is 3. The molecule has 5 aromatic rings. The smallest absolute Gasteiger partial charge is 0.230 e. The van der Waals surface area contributed by atoms with Gasteiger partial charge in [-0.3, -0.25) is 19.5 Å². The molecule has 0 spiro atoms. The summed E-state index contributed by atoms with van der Waals surface area (Å²) < 4.78 is 1.88. The van der Waals surface area contributed by atoms with E-state index in [2.05, 4.69) is 47.0 Å². The Morgan fingerprint density at radius 1 is 1.19 bits per heavy atom. The van der Waals surface area contributed by atoms with Gasteiger partial charge in [-0.05, 0) is 48.4 Å². The maximum Gasteiger partial charge on any atom is 0.230 e. The molecule has 10 heteroatoms. The maximum absolute atomic E-state index is 12.6. The number of aromatic amines is 2. The lowest BCUT2D eigenvalue weighted by molar-refractivity contribution is -0.115. The molecule has 1 aromatic carbocycles.